The third kappa shape index (κ3) is 2.64. The van der Waals surface area contributed by atoms with Crippen molar-refractivity contribution in [2.45, 2.75) is 19.0 Å². The van der Waals surface area contributed by atoms with Crippen LogP contribution in [0.4, 0.5) is 4.79 Å². The van der Waals surface area contributed by atoms with Gasteiger partial charge in [-0.3, -0.25) is 9.69 Å². The van der Waals surface area contributed by atoms with Gasteiger partial charge in [0.15, 0.2) is 5.76 Å². The number of hydrogen-bond donors (Lipinski definition) is 1. The molecular formula is C17H13ClN4O4. The molecule has 1 aliphatic heterocycles. The molecule has 4 rings (SSSR count). The van der Waals surface area contributed by atoms with Gasteiger partial charge in [0.2, 0.25) is 11.7 Å². The van der Waals surface area contributed by atoms with Crippen LogP contribution in [0.1, 0.15) is 18.4 Å². The Morgan fingerprint density at radius 3 is 2.69 bits per heavy atom. The lowest BCUT2D eigenvalue weighted by atomic mass is 9.92. The van der Waals surface area contributed by atoms with Gasteiger partial charge in [-0.1, -0.05) is 28.9 Å². The zero-order valence-electron chi connectivity index (χ0n) is 13.6. The molecule has 0 aliphatic carbocycles. The number of aromatic nitrogens is 2. The fraction of sp³-hybridized carbons (Fsp3) is 0.176. The lowest BCUT2D eigenvalue weighted by Gasteiger charge is -2.22. The largest absolute Gasteiger partial charge is 0.461 e. The summed E-state index contributed by atoms with van der Waals surface area (Å²) in [7, 11) is 0. The van der Waals surface area contributed by atoms with E-state index < -0.39 is 17.5 Å². The number of nitrogens with zero attached hydrogens (tertiary/aromatic N) is 3. The molecule has 1 aromatic carbocycles. The quantitative estimate of drug-likeness (QED) is 0.706. The fourth-order valence-corrected chi connectivity index (χ4v) is 2.91. The van der Waals surface area contributed by atoms with E-state index >= 15 is 0 Å². The van der Waals surface area contributed by atoms with Crippen LogP contribution in [0, 0.1) is 0 Å². The third-order valence-corrected chi connectivity index (χ3v) is 4.45. The number of furan rings is 1. The van der Waals surface area contributed by atoms with Crippen molar-refractivity contribution in [3.63, 3.8) is 0 Å². The molecule has 1 saturated heterocycles. The van der Waals surface area contributed by atoms with Crippen LogP contribution in [-0.2, 0) is 16.9 Å². The monoisotopic (exact) mass is 372 g/mol. The molecule has 132 valence electrons. The molecule has 0 spiro atoms. The van der Waals surface area contributed by atoms with Gasteiger partial charge >= 0.3 is 6.03 Å². The van der Waals surface area contributed by atoms with Crippen LogP contribution in [-0.4, -0.2) is 27.0 Å². The van der Waals surface area contributed by atoms with Crippen LogP contribution >= 0.6 is 11.6 Å². The van der Waals surface area contributed by atoms with E-state index in [1.54, 1.807) is 43.3 Å². The highest BCUT2D eigenvalue weighted by Gasteiger charge is 2.49. The first-order valence-electron chi connectivity index (χ1n) is 7.74. The predicted octanol–water partition coefficient (Wildman–Crippen LogP) is 2.95. The molecule has 8 nitrogen and oxygen atoms in total. The number of hydrogen-bond acceptors (Lipinski definition) is 6. The summed E-state index contributed by atoms with van der Waals surface area (Å²) in [6, 6.07) is 9.57. The van der Waals surface area contributed by atoms with Crippen LogP contribution in [0.3, 0.4) is 0 Å². The first kappa shape index (κ1) is 16.3. The molecule has 1 N–H and O–H groups in total. The minimum Gasteiger partial charge on any atom is -0.461 e. The van der Waals surface area contributed by atoms with Gasteiger partial charge in [-0.05, 0) is 36.8 Å². The smallest absolute Gasteiger partial charge is 0.325 e. The second-order valence-electron chi connectivity index (χ2n) is 5.94. The molecule has 1 fully saturated rings. The SMILES string of the molecule is CC1(c2ccc(Cl)cc2)NC(=O)N(Cc2nc(-c3ccco3)no2)C1=O. The highest BCUT2D eigenvalue weighted by molar-refractivity contribution is 6.30. The Balaban J connectivity index is 1.57. The van der Waals surface area contributed by atoms with Crippen molar-refractivity contribution in [1.29, 1.82) is 0 Å². The van der Waals surface area contributed by atoms with Crippen molar-refractivity contribution in [3.8, 4) is 11.6 Å². The van der Waals surface area contributed by atoms with Crippen LogP contribution in [0.2, 0.25) is 5.02 Å². The van der Waals surface area contributed by atoms with E-state index in [1.165, 1.54) is 6.26 Å². The summed E-state index contributed by atoms with van der Waals surface area (Å²) in [4.78, 5) is 30.4. The van der Waals surface area contributed by atoms with Crippen LogP contribution in [0.5, 0.6) is 0 Å². The third-order valence-electron chi connectivity index (χ3n) is 4.20. The van der Waals surface area contributed by atoms with Gasteiger partial charge in [-0.2, -0.15) is 4.98 Å². The van der Waals surface area contributed by atoms with Crippen LogP contribution < -0.4 is 5.32 Å². The molecule has 1 aliphatic rings. The van der Waals surface area contributed by atoms with E-state index in [4.69, 9.17) is 20.5 Å². The summed E-state index contributed by atoms with van der Waals surface area (Å²) in [6.07, 6.45) is 1.49. The van der Waals surface area contributed by atoms with Crippen molar-refractivity contribution in [3.05, 3.63) is 59.1 Å². The Bertz CT molecular complexity index is 967. The molecule has 0 radical (unpaired) electrons. The van der Waals surface area contributed by atoms with Crippen molar-refractivity contribution in [2.24, 2.45) is 0 Å². The van der Waals surface area contributed by atoms with E-state index in [9.17, 15) is 9.59 Å². The Hall–Kier alpha value is -3.13. The van der Waals surface area contributed by atoms with Crippen molar-refractivity contribution in [2.75, 3.05) is 0 Å². The van der Waals surface area contributed by atoms with Crippen molar-refractivity contribution < 1.29 is 18.5 Å². The van der Waals surface area contributed by atoms with E-state index in [-0.39, 0.29) is 18.3 Å². The molecule has 0 saturated carbocycles. The molecule has 0 bridgehead atoms. The van der Waals surface area contributed by atoms with E-state index in [1.807, 2.05) is 0 Å². The second-order valence-corrected chi connectivity index (χ2v) is 6.38. The van der Waals surface area contributed by atoms with Gasteiger partial charge in [0.05, 0.1) is 6.26 Å². The van der Waals surface area contributed by atoms with Gasteiger partial charge in [0.1, 0.15) is 12.1 Å². The van der Waals surface area contributed by atoms with Gasteiger partial charge in [0, 0.05) is 5.02 Å². The number of carbonyl (C=O) groups is 2. The first-order chi connectivity index (χ1) is 12.5. The first-order valence-corrected chi connectivity index (χ1v) is 8.12. The van der Waals surface area contributed by atoms with Gasteiger partial charge in [-0.15, -0.1) is 0 Å². The van der Waals surface area contributed by atoms with Gasteiger partial charge in [-0.25, -0.2) is 4.79 Å². The topological polar surface area (TPSA) is 101 Å². The van der Waals surface area contributed by atoms with E-state index in [0.29, 0.717) is 16.3 Å². The molecule has 1 atom stereocenters. The standard InChI is InChI=1S/C17H13ClN4O4/c1-17(10-4-6-11(18)7-5-10)15(23)22(16(24)20-17)9-13-19-14(21-26-13)12-3-2-8-25-12/h2-8H,9H2,1H3,(H,20,24). The Morgan fingerprint density at radius 2 is 2.00 bits per heavy atom. The maximum atomic E-state index is 12.9. The molecular weight excluding hydrogens is 360 g/mol. The maximum absolute atomic E-state index is 12.9. The van der Waals surface area contributed by atoms with E-state index in [0.717, 1.165) is 4.90 Å². The zero-order valence-corrected chi connectivity index (χ0v) is 14.4. The summed E-state index contributed by atoms with van der Waals surface area (Å²) in [6.45, 7) is 1.50. The number of halogens is 1. The molecule has 3 heterocycles. The summed E-state index contributed by atoms with van der Waals surface area (Å²) < 4.78 is 10.3. The lowest BCUT2D eigenvalue weighted by molar-refractivity contribution is -0.131. The average molecular weight is 373 g/mol. The number of urea groups is 1. The maximum Gasteiger partial charge on any atom is 0.325 e. The summed E-state index contributed by atoms with van der Waals surface area (Å²) in [5.74, 6) is 0.392. The lowest BCUT2D eigenvalue weighted by Crippen LogP contribution is -2.40. The van der Waals surface area contributed by atoms with Crippen molar-refractivity contribution in [1.82, 2.24) is 20.4 Å². The van der Waals surface area contributed by atoms with Crippen LogP contribution in [0.25, 0.3) is 11.6 Å². The highest BCUT2D eigenvalue weighted by Crippen LogP contribution is 2.30. The number of nitrogens with one attached hydrogen (secondary N) is 1. The van der Waals surface area contributed by atoms with Gasteiger partial charge in [0.25, 0.3) is 5.91 Å². The van der Waals surface area contributed by atoms with Gasteiger partial charge < -0.3 is 14.3 Å². The van der Waals surface area contributed by atoms with Crippen LogP contribution in [0.15, 0.2) is 51.6 Å². The molecule has 3 amide bonds. The minimum absolute atomic E-state index is 0.125. The molecule has 9 heteroatoms. The summed E-state index contributed by atoms with van der Waals surface area (Å²) >= 11 is 5.89. The predicted molar refractivity (Wildman–Crippen MR) is 89.9 cm³/mol. The zero-order chi connectivity index (χ0) is 18.3. The average Bonchev–Trinajstić information content (AvgIpc) is 3.34. The molecule has 2 aromatic heterocycles. The van der Waals surface area contributed by atoms with E-state index in [2.05, 4.69) is 15.5 Å². The number of carbonyl (C=O) groups excluding carboxylic acids is 2. The minimum atomic E-state index is -1.19. The highest BCUT2D eigenvalue weighted by atomic mass is 35.5. The Morgan fingerprint density at radius 1 is 1.23 bits per heavy atom. The Kier molecular flexibility index (Phi) is 3.77. The number of rotatable bonds is 4. The molecule has 3 aromatic rings. The number of amides is 3. The summed E-state index contributed by atoms with van der Waals surface area (Å²) in [5, 5.41) is 7.04. The fourth-order valence-electron chi connectivity index (χ4n) is 2.78. The number of imide groups is 1. The normalized spacial score (nSPS) is 19.8. The molecule has 1 unspecified atom stereocenters. The second kappa shape index (κ2) is 5.99. The Labute approximate surface area is 152 Å². The summed E-state index contributed by atoms with van der Waals surface area (Å²) in [5.41, 5.74) is -0.560. The molecule has 26 heavy (non-hydrogen) atoms. The number of benzene rings is 1. The van der Waals surface area contributed by atoms with Crippen molar-refractivity contribution >= 4 is 23.5 Å².